The SMILES string of the molecule is CCCCc1nc(N)c2nc(N/N=C\C=N)n(C)c2n1. The van der Waals surface area contributed by atoms with E-state index in [1.165, 1.54) is 6.21 Å². The highest BCUT2D eigenvalue weighted by molar-refractivity contribution is 6.14. The van der Waals surface area contributed by atoms with Crippen LogP contribution in [0, 0.1) is 5.41 Å². The highest BCUT2D eigenvalue weighted by atomic mass is 15.4. The molecular formula is C12H18N8. The Balaban J connectivity index is 2.40. The fourth-order valence-electron chi connectivity index (χ4n) is 1.81. The van der Waals surface area contributed by atoms with Crippen molar-refractivity contribution in [3.05, 3.63) is 5.82 Å². The summed E-state index contributed by atoms with van der Waals surface area (Å²) in [5, 5.41) is 10.7. The van der Waals surface area contributed by atoms with Crippen LogP contribution in [0.3, 0.4) is 0 Å². The molecule has 2 rings (SSSR count). The third-order valence-electron chi connectivity index (χ3n) is 2.86. The van der Waals surface area contributed by atoms with Gasteiger partial charge in [-0.15, -0.1) is 0 Å². The van der Waals surface area contributed by atoms with E-state index >= 15 is 0 Å². The van der Waals surface area contributed by atoms with Gasteiger partial charge < -0.3 is 11.1 Å². The van der Waals surface area contributed by atoms with Crippen LogP contribution in [0.4, 0.5) is 11.8 Å². The summed E-state index contributed by atoms with van der Waals surface area (Å²) in [6.07, 6.45) is 5.31. The standard InChI is InChI=1S/C12H18N8/c1-3-4-5-8-16-10(14)9-11(17-8)20(2)12(18-9)19-15-7-6-13/h6-7,13H,3-5H2,1-2H3,(H,18,19)(H2,14,16,17)/b13-6?,15-7-. The number of hydrogen-bond acceptors (Lipinski definition) is 7. The van der Waals surface area contributed by atoms with Gasteiger partial charge >= 0.3 is 0 Å². The first-order valence-electron chi connectivity index (χ1n) is 6.44. The fraction of sp³-hybridized carbons (Fsp3) is 0.417. The van der Waals surface area contributed by atoms with Crippen LogP contribution >= 0.6 is 0 Å². The molecule has 0 aliphatic carbocycles. The molecule has 0 bridgehead atoms. The molecular weight excluding hydrogens is 256 g/mol. The molecule has 2 aromatic heterocycles. The molecule has 0 unspecified atom stereocenters. The van der Waals surface area contributed by atoms with E-state index in [9.17, 15) is 0 Å². The van der Waals surface area contributed by atoms with E-state index in [0.29, 0.717) is 22.9 Å². The maximum Gasteiger partial charge on any atom is 0.225 e. The number of aromatic nitrogens is 4. The molecule has 0 radical (unpaired) electrons. The minimum atomic E-state index is 0.376. The van der Waals surface area contributed by atoms with E-state index < -0.39 is 0 Å². The number of rotatable bonds is 6. The number of nitrogens with two attached hydrogens (primary N) is 1. The average Bonchev–Trinajstić information content (AvgIpc) is 2.75. The van der Waals surface area contributed by atoms with Crippen LogP contribution in [-0.2, 0) is 13.5 Å². The zero-order valence-electron chi connectivity index (χ0n) is 11.6. The summed E-state index contributed by atoms with van der Waals surface area (Å²) in [6, 6.07) is 0. The van der Waals surface area contributed by atoms with Crippen molar-refractivity contribution in [1.82, 2.24) is 19.5 Å². The minimum Gasteiger partial charge on any atom is -0.382 e. The average molecular weight is 274 g/mol. The summed E-state index contributed by atoms with van der Waals surface area (Å²) in [6.45, 7) is 2.12. The summed E-state index contributed by atoms with van der Waals surface area (Å²) < 4.78 is 1.77. The van der Waals surface area contributed by atoms with Crippen LogP contribution in [0.1, 0.15) is 25.6 Å². The van der Waals surface area contributed by atoms with Gasteiger partial charge in [-0.3, -0.25) is 4.57 Å². The van der Waals surface area contributed by atoms with E-state index in [1.54, 1.807) is 4.57 Å². The molecule has 0 amide bonds. The molecule has 0 fully saturated rings. The van der Waals surface area contributed by atoms with Crippen LogP contribution in [0.25, 0.3) is 11.2 Å². The summed E-state index contributed by atoms with van der Waals surface area (Å²) in [5.41, 5.74) is 9.91. The third kappa shape index (κ3) is 2.73. The number of aryl methyl sites for hydroxylation is 2. The Morgan fingerprint density at radius 1 is 1.40 bits per heavy atom. The van der Waals surface area contributed by atoms with Crippen molar-refractivity contribution in [3.63, 3.8) is 0 Å². The van der Waals surface area contributed by atoms with Crippen molar-refractivity contribution in [2.24, 2.45) is 12.1 Å². The van der Waals surface area contributed by atoms with Crippen molar-refractivity contribution in [3.8, 4) is 0 Å². The lowest BCUT2D eigenvalue weighted by Crippen LogP contribution is -2.03. The lowest BCUT2D eigenvalue weighted by molar-refractivity contribution is 0.754. The molecule has 0 saturated heterocycles. The molecule has 0 saturated carbocycles. The molecule has 2 aromatic rings. The maximum absolute atomic E-state index is 6.87. The number of hydrazone groups is 1. The van der Waals surface area contributed by atoms with Crippen LogP contribution < -0.4 is 11.2 Å². The number of nitrogens with one attached hydrogen (secondary N) is 2. The van der Waals surface area contributed by atoms with Crippen molar-refractivity contribution >= 4 is 35.4 Å². The van der Waals surface area contributed by atoms with Crippen molar-refractivity contribution in [2.45, 2.75) is 26.2 Å². The molecule has 0 spiro atoms. The zero-order chi connectivity index (χ0) is 14.5. The van der Waals surface area contributed by atoms with Gasteiger partial charge in [0, 0.05) is 19.7 Å². The smallest absolute Gasteiger partial charge is 0.225 e. The number of unbranched alkanes of at least 4 members (excludes halogenated alkanes) is 1. The first-order valence-corrected chi connectivity index (χ1v) is 6.44. The van der Waals surface area contributed by atoms with E-state index in [4.69, 9.17) is 11.1 Å². The van der Waals surface area contributed by atoms with Gasteiger partial charge in [0.25, 0.3) is 0 Å². The summed E-state index contributed by atoms with van der Waals surface area (Å²) >= 11 is 0. The predicted octanol–water partition coefficient (Wildman–Crippen LogP) is 1.34. The normalized spacial score (nSPS) is 11.3. The largest absolute Gasteiger partial charge is 0.382 e. The van der Waals surface area contributed by atoms with E-state index in [2.05, 4.69) is 32.4 Å². The third-order valence-corrected chi connectivity index (χ3v) is 2.86. The number of hydrogen-bond donors (Lipinski definition) is 3. The molecule has 20 heavy (non-hydrogen) atoms. The van der Waals surface area contributed by atoms with Crippen molar-refractivity contribution < 1.29 is 0 Å². The second-order valence-electron chi connectivity index (χ2n) is 4.35. The molecule has 0 atom stereocenters. The second-order valence-corrected chi connectivity index (χ2v) is 4.35. The Morgan fingerprint density at radius 2 is 2.20 bits per heavy atom. The fourth-order valence-corrected chi connectivity index (χ4v) is 1.81. The van der Waals surface area contributed by atoms with E-state index in [0.717, 1.165) is 31.3 Å². The Morgan fingerprint density at radius 3 is 2.90 bits per heavy atom. The topological polar surface area (TPSA) is 118 Å². The molecule has 8 nitrogen and oxygen atoms in total. The van der Waals surface area contributed by atoms with Crippen LogP contribution in [0.15, 0.2) is 5.10 Å². The number of nitrogen functional groups attached to an aromatic ring is 1. The van der Waals surface area contributed by atoms with Gasteiger partial charge in [0.05, 0.1) is 6.21 Å². The number of imidazole rings is 1. The van der Waals surface area contributed by atoms with Gasteiger partial charge in [-0.25, -0.2) is 20.4 Å². The Labute approximate surface area is 116 Å². The Hall–Kier alpha value is -2.51. The molecule has 0 aromatic carbocycles. The van der Waals surface area contributed by atoms with Gasteiger partial charge in [0.1, 0.15) is 5.82 Å². The molecule has 4 N–H and O–H groups in total. The summed E-state index contributed by atoms with van der Waals surface area (Å²) in [4.78, 5) is 13.1. The van der Waals surface area contributed by atoms with Gasteiger partial charge in [-0.05, 0) is 6.42 Å². The molecule has 0 aliphatic heterocycles. The highest BCUT2D eigenvalue weighted by Crippen LogP contribution is 2.21. The zero-order valence-corrected chi connectivity index (χ0v) is 11.6. The quantitative estimate of drug-likeness (QED) is 0.542. The maximum atomic E-state index is 6.87. The van der Waals surface area contributed by atoms with Gasteiger partial charge in [0.15, 0.2) is 17.0 Å². The first-order chi connectivity index (χ1) is 9.67. The summed E-state index contributed by atoms with van der Waals surface area (Å²) in [7, 11) is 1.83. The molecule has 0 aliphatic rings. The lowest BCUT2D eigenvalue weighted by atomic mass is 10.2. The molecule has 8 heteroatoms. The van der Waals surface area contributed by atoms with Gasteiger partial charge in [-0.1, -0.05) is 13.3 Å². The highest BCUT2D eigenvalue weighted by Gasteiger charge is 2.13. The van der Waals surface area contributed by atoms with Crippen LogP contribution in [-0.4, -0.2) is 31.9 Å². The lowest BCUT2D eigenvalue weighted by Gasteiger charge is -2.02. The minimum absolute atomic E-state index is 0.376. The van der Waals surface area contributed by atoms with E-state index in [-0.39, 0.29) is 0 Å². The number of nitrogens with zero attached hydrogens (tertiary/aromatic N) is 5. The first kappa shape index (κ1) is 13.9. The Bertz CT molecular complexity index is 642. The number of fused-ring (bicyclic) bond motifs is 1. The second kappa shape index (κ2) is 6.09. The van der Waals surface area contributed by atoms with Crippen molar-refractivity contribution in [1.29, 1.82) is 5.41 Å². The summed E-state index contributed by atoms with van der Waals surface area (Å²) in [5.74, 6) is 1.61. The monoisotopic (exact) mass is 274 g/mol. The van der Waals surface area contributed by atoms with Crippen LogP contribution in [0.2, 0.25) is 0 Å². The Kier molecular flexibility index (Phi) is 4.24. The van der Waals surface area contributed by atoms with E-state index in [1.807, 2.05) is 7.05 Å². The van der Waals surface area contributed by atoms with Crippen LogP contribution in [0.5, 0.6) is 0 Å². The molecule has 2 heterocycles. The van der Waals surface area contributed by atoms with Gasteiger partial charge in [-0.2, -0.15) is 5.10 Å². The van der Waals surface area contributed by atoms with Gasteiger partial charge in [0.2, 0.25) is 5.95 Å². The van der Waals surface area contributed by atoms with Crippen molar-refractivity contribution in [2.75, 3.05) is 11.2 Å². The predicted molar refractivity (Wildman–Crippen MR) is 80.2 cm³/mol. The number of anilines is 2. The molecule has 106 valence electrons.